The second-order valence-electron chi connectivity index (χ2n) is 3.08. The average molecular weight is 256 g/mol. The molecule has 0 heterocycles. The Hall–Kier alpha value is -1.69. The molecule has 0 aliphatic carbocycles. The molecule has 0 amide bonds. The van der Waals surface area contributed by atoms with Crippen molar-refractivity contribution in [2.45, 2.75) is 11.8 Å². The fourth-order valence-corrected chi connectivity index (χ4v) is 1.98. The first-order valence-electron chi connectivity index (χ1n) is 4.89. The van der Waals surface area contributed by atoms with Gasteiger partial charge in [-0.2, -0.15) is 0 Å². The van der Waals surface area contributed by atoms with Crippen LogP contribution in [0, 0.1) is 0 Å². The van der Waals surface area contributed by atoms with E-state index < -0.39 is 11.9 Å². The number of rotatable bonds is 6. The Morgan fingerprint density at radius 2 is 2.06 bits per heavy atom. The normalized spacial score (nSPS) is 9.94. The molecule has 1 aromatic carbocycles. The summed E-state index contributed by atoms with van der Waals surface area (Å²) < 4.78 is 5.23. The van der Waals surface area contributed by atoms with Gasteiger partial charge in [0, 0.05) is 4.90 Å². The molecule has 17 heavy (non-hydrogen) atoms. The fraction of sp³-hybridized carbons (Fsp3) is 0.273. The predicted octanol–water partition coefficient (Wildman–Crippen LogP) is 1.96. The molecule has 0 unspecified atom stereocenters. The highest BCUT2D eigenvalue weighted by atomic mass is 32.2. The van der Waals surface area contributed by atoms with Crippen LogP contribution < -0.4 is 4.74 Å². The van der Waals surface area contributed by atoms with E-state index in [9.17, 15) is 9.59 Å². The second-order valence-corrected chi connectivity index (χ2v) is 4.10. The molecule has 0 saturated heterocycles. The van der Waals surface area contributed by atoms with E-state index in [1.165, 1.54) is 6.07 Å². The molecule has 6 heteroatoms. The van der Waals surface area contributed by atoms with E-state index in [1.54, 1.807) is 12.1 Å². The van der Waals surface area contributed by atoms with E-state index in [4.69, 9.17) is 14.9 Å². The van der Waals surface area contributed by atoms with Crippen LogP contribution in [0.25, 0.3) is 0 Å². The highest BCUT2D eigenvalue weighted by molar-refractivity contribution is 8.00. The number of thioether (sulfide) groups is 1. The molecule has 1 rings (SSSR count). The SMILES string of the molecule is CCOc1ccc(C(=O)O)c(SCC(=O)O)c1. The third-order valence-corrected chi connectivity index (χ3v) is 2.89. The summed E-state index contributed by atoms with van der Waals surface area (Å²) in [6, 6.07) is 4.51. The lowest BCUT2D eigenvalue weighted by molar-refractivity contribution is -0.133. The first-order chi connectivity index (χ1) is 8.04. The van der Waals surface area contributed by atoms with Crippen LogP contribution in [0.1, 0.15) is 17.3 Å². The Morgan fingerprint density at radius 1 is 1.35 bits per heavy atom. The summed E-state index contributed by atoms with van der Waals surface area (Å²) in [6.07, 6.45) is 0. The van der Waals surface area contributed by atoms with Gasteiger partial charge < -0.3 is 14.9 Å². The number of carboxylic acids is 2. The second kappa shape index (κ2) is 6.15. The van der Waals surface area contributed by atoms with Crippen LogP contribution in [0.15, 0.2) is 23.1 Å². The molecule has 0 aromatic heterocycles. The van der Waals surface area contributed by atoms with Gasteiger partial charge in [-0.05, 0) is 25.1 Å². The van der Waals surface area contributed by atoms with E-state index in [-0.39, 0.29) is 11.3 Å². The van der Waals surface area contributed by atoms with Crippen molar-refractivity contribution in [3.05, 3.63) is 23.8 Å². The Labute approximate surface area is 102 Å². The number of carbonyl (C=O) groups is 2. The maximum atomic E-state index is 10.9. The maximum Gasteiger partial charge on any atom is 0.336 e. The van der Waals surface area contributed by atoms with Crippen molar-refractivity contribution in [2.75, 3.05) is 12.4 Å². The number of hydrogen-bond donors (Lipinski definition) is 2. The molecule has 0 spiro atoms. The lowest BCUT2D eigenvalue weighted by atomic mass is 10.2. The number of hydrogen-bond acceptors (Lipinski definition) is 4. The summed E-state index contributed by atoms with van der Waals surface area (Å²) in [6.45, 7) is 2.28. The summed E-state index contributed by atoms with van der Waals surface area (Å²) in [7, 11) is 0. The van der Waals surface area contributed by atoms with Crippen molar-refractivity contribution in [2.24, 2.45) is 0 Å². The van der Waals surface area contributed by atoms with Gasteiger partial charge in [-0.3, -0.25) is 4.79 Å². The summed E-state index contributed by atoms with van der Waals surface area (Å²) in [5, 5.41) is 17.5. The first-order valence-corrected chi connectivity index (χ1v) is 5.88. The molecular weight excluding hydrogens is 244 g/mol. The van der Waals surface area contributed by atoms with Gasteiger partial charge in [0.2, 0.25) is 0 Å². The Morgan fingerprint density at radius 3 is 2.59 bits per heavy atom. The number of carboxylic acid groups (broad SMARTS) is 2. The van der Waals surface area contributed by atoms with Crippen molar-refractivity contribution < 1.29 is 24.5 Å². The van der Waals surface area contributed by atoms with Crippen LogP contribution in [-0.2, 0) is 4.79 Å². The van der Waals surface area contributed by atoms with Gasteiger partial charge >= 0.3 is 11.9 Å². The molecule has 0 fully saturated rings. The van der Waals surface area contributed by atoms with Crippen molar-refractivity contribution in [3.63, 3.8) is 0 Å². The van der Waals surface area contributed by atoms with Gasteiger partial charge in [-0.25, -0.2) is 4.79 Å². The molecule has 2 N–H and O–H groups in total. The molecule has 0 saturated carbocycles. The summed E-state index contributed by atoms with van der Waals surface area (Å²) in [4.78, 5) is 21.8. The first kappa shape index (κ1) is 13.4. The smallest absolute Gasteiger partial charge is 0.336 e. The molecule has 5 nitrogen and oxygen atoms in total. The topological polar surface area (TPSA) is 83.8 Å². The van der Waals surface area contributed by atoms with Crippen molar-refractivity contribution in [1.82, 2.24) is 0 Å². The Kier molecular flexibility index (Phi) is 4.84. The fourth-order valence-electron chi connectivity index (χ4n) is 1.19. The number of benzene rings is 1. The van der Waals surface area contributed by atoms with Gasteiger partial charge in [0.05, 0.1) is 17.9 Å². The van der Waals surface area contributed by atoms with E-state index in [0.717, 1.165) is 11.8 Å². The van der Waals surface area contributed by atoms with Gasteiger partial charge in [0.1, 0.15) is 5.75 Å². The lowest BCUT2D eigenvalue weighted by Gasteiger charge is -2.08. The zero-order valence-electron chi connectivity index (χ0n) is 9.17. The number of aromatic carboxylic acids is 1. The summed E-state index contributed by atoms with van der Waals surface area (Å²) in [5.74, 6) is -1.73. The largest absolute Gasteiger partial charge is 0.494 e. The van der Waals surface area contributed by atoms with E-state index in [0.29, 0.717) is 17.3 Å². The monoisotopic (exact) mass is 256 g/mol. The van der Waals surface area contributed by atoms with Gasteiger partial charge in [-0.15, -0.1) is 11.8 Å². The minimum absolute atomic E-state index is 0.0831. The minimum Gasteiger partial charge on any atom is -0.494 e. The molecule has 0 aliphatic rings. The molecule has 0 atom stereocenters. The van der Waals surface area contributed by atoms with Crippen molar-refractivity contribution in [1.29, 1.82) is 0 Å². The molecule has 1 aromatic rings. The molecule has 0 bridgehead atoms. The van der Waals surface area contributed by atoms with Crippen LogP contribution in [-0.4, -0.2) is 34.5 Å². The number of aliphatic carboxylic acids is 1. The van der Waals surface area contributed by atoms with E-state index in [2.05, 4.69) is 0 Å². The zero-order valence-corrected chi connectivity index (χ0v) is 9.99. The average Bonchev–Trinajstić information content (AvgIpc) is 2.26. The van der Waals surface area contributed by atoms with Gasteiger partial charge in [-0.1, -0.05) is 0 Å². The highest BCUT2D eigenvalue weighted by Gasteiger charge is 2.13. The third-order valence-electron chi connectivity index (χ3n) is 1.85. The van der Waals surface area contributed by atoms with Gasteiger partial charge in [0.15, 0.2) is 0 Å². The maximum absolute atomic E-state index is 10.9. The molecule has 0 aliphatic heterocycles. The summed E-state index contributed by atoms with van der Waals surface area (Å²) in [5.41, 5.74) is 0.0831. The van der Waals surface area contributed by atoms with Crippen LogP contribution in [0.3, 0.4) is 0 Å². The van der Waals surface area contributed by atoms with E-state index >= 15 is 0 Å². The van der Waals surface area contributed by atoms with Crippen molar-refractivity contribution in [3.8, 4) is 5.75 Å². The predicted molar refractivity (Wildman–Crippen MR) is 62.9 cm³/mol. The highest BCUT2D eigenvalue weighted by Crippen LogP contribution is 2.27. The molecule has 0 radical (unpaired) electrons. The minimum atomic E-state index is -1.08. The zero-order chi connectivity index (χ0) is 12.8. The standard InChI is InChI=1S/C11H12O5S/c1-2-16-7-3-4-8(11(14)15)9(5-7)17-6-10(12)13/h3-5H,2,6H2,1H3,(H,12,13)(H,14,15). The summed E-state index contributed by atoms with van der Waals surface area (Å²) >= 11 is 0.963. The lowest BCUT2D eigenvalue weighted by Crippen LogP contribution is -2.03. The van der Waals surface area contributed by atoms with Crippen molar-refractivity contribution >= 4 is 23.7 Å². The van der Waals surface area contributed by atoms with Crippen LogP contribution in [0.5, 0.6) is 5.75 Å². The third kappa shape index (κ3) is 3.99. The van der Waals surface area contributed by atoms with Crippen LogP contribution in [0.2, 0.25) is 0 Å². The van der Waals surface area contributed by atoms with Gasteiger partial charge in [0.25, 0.3) is 0 Å². The number of ether oxygens (including phenoxy) is 1. The molecule has 92 valence electrons. The Bertz CT molecular complexity index is 430. The van der Waals surface area contributed by atoms with Crippen LogP contribution >= 0.6 is 11.8 Å². The molecular formula is C11H12O5S. The quantitative estimate of drug-likeness (QED) is 0.757. The Balaban J connectivity index is 2.98. The van der Waals surface area contributed by atoms with E-state index in [1.807, 2.05) is 6.92 Å². The van der Waals surface area contributed by atoms with Crippen LogP contribution in [0.4, 0.5) is 0 Å².